The van der Waals surface area contributed by atoms with E-state index in [1.807, 2.05) is 26.1 Å². The van der Waals surface area contributed by atoms with Crippen LogP contribution in [-0.4, -0.2) is 38.7 Å². The lowest BCUT2D eigenvalue weighted by Crippen LogP contribution is -2.31. The van der Waals surface area contributed by atoms with E-state index in [4.69, 9.17) is 7.85 Å². The highest BCUT2D eigenvalue weighted by atomic mass is 15.2. The number of nitrogens with zero attached hydrogens (tertiary/aromatic N) is 2. The molecule has 0 aliphatic rings. The number of hydrogen-bond donors (Lipinski definition) is 0. The van der Waals surface area contributed by atoms with E-state index in [1.165, 1.54) is 0 Å². The first kappa shape index (κ1) is 12.3. The normalized spacial score (nSPS) is 15.4. The van der Waals surface area contributed by atoms with Gasteiger partial charge in [0.1, 0.15) is 5.84 Å². The van der Waals surface area contributed by atoms with Crippen molar-refractivity contribution >= 4 is 13.7 Å². The third-order valence-electron chi connectivity index (χ3n) is 1.91. The van der Waals surface area contributed by atoms with E-state index < -0.39 is 0 Å². The Balaban J connectivity index is 4.37. The summed E-state index contributed by atoms with van der Waals surface area (Å²) < 4.78 is 0. The average Bonchev–Trinajstić information content (AvgIpc) is 2.04. The molecule has 0 spiro atoms. The number of likely N-dealkylation sites (N-methyl/N-ethyl adjacent to an activating group) is 1. The maximum Gasteiger partial charge on any atom is 0.122 e. The van der Waals surface area contributed by atoms with Gasteiger partial charge in [-0.1, -0.05) is 18.8 Å². The van der Waals surface area contributed by atoms with Crippen molar-refractivity contribution in [2.24, 2.45) is 4.99 Å². The van der Waals surface area contributed by atoms with Crippen LogP contribution in [-0.2, 0) is 0 Å². The molecule has 0 saturated heterocycles. The third-order valence-corrected chi connectivity index (χ3v) is 1.91. The average molecular weight is 178 g/mol. The number of hydrogen-bond acceptors (Lipinski definition) is 1. The zero-order chi connectivity index (χ0) is 10.4. The highest BCUT2D eigenvalue weighted by Gasteiger charge is 2.05. The van der Waals surface area contributed by atoms with Gasteiger partial charge in [0.2, 0.25) is 0 Å². The largest absolute Gasteiger partial charge is 0.358 e. The Morgan fingerprint density at radius 1 is 1.38 bits per heavy atom. The SMILES string of the molecule is [B]C(C)/C=C\C(=NC)N(C)C(C)C. The Morgan fingerprint density at radius 2 is 1.92 bits per heavy atom. The molecule has 72 valence electrons. The van der Waals surface area contributed by atoms with Gasteiger partial charge < -0.3 is 4.90 Å². The van der Waals surface area contributed by atoms with Crippen LogP contribution in [0.1, 0.15) is 20.8 Å². The van der Waals surface area contributed by atoms with Crippen LogP contribution in [0.25, 0.3) is 0 Å². The van der Waals surface area contributed by atoms with Gasteiger partial charge in [-0.2, -0.15) is 0 Å². The summed E-state index contributed by atoms with van der Waals surface area (Å²) in [6.07, 6.45) is 3.91. The van der Waals surface area contributed by atoms with Gasteiger partial charge in [-0.25, -0.2) is 0 Å². The van der Waals surface area contributed by atoms with E-state index >= 15 is 0 Å². The molecular weight excluding hydrogens is 159 g/mol. The van der Waals surface area contributed by atoms with Crippen LogP contribution in [0.4, 0.5) is 0 Å². The molecule has 0 aliphatic heterocycles. The van der Waals surface area contributed by atoms with E-state index in [0.29, 0.717) is 6.04 Å². The number of amidine groups is 1. The van der Waals surface area contributed by atoms with Crippen molar-refractivity contribution < 1.29 is 0 Å². The first-order valence-corrected chi connectivity index (χ1v) is 4.62. The lowest BCUT2D eigenvalue weighted by Gasteiger charge is -2.23. The third kappa shape index (κ3) is 4.76. The second-order valence-corrected chi connectivity index (χ2v) is 3.50. The Kier molecular flexibility index (Phi) is 5.52. The maximum absolute atomic E-state index is 5.61. The van der Waals surface area contributed by atoms with Crippen molar-refractivity contribution in [3.8, 4) is 0 Å². The Hall–Kier alpha value is -0.725. The highest BCUT2D eigenvalue weighted by Crippen LogP contribution is 2.02. The fourth-order valence-electron chi connectivity index (χ4n) is 0.852. The van der Waals surface area contributed by atoms with Crippen LogP contribution >= 0.6 is 0 Å². The van der Waals surface area contributed by atoms with E-state index in [2.05, 4.69) is 23.7 Å². The molecule has 0 saturated carbocycles. The summed E-state index contributed by atoms with van der Waals surface area (Å²) in [7, 11) is 9.43. The fraction of sp³-hybridized carbons (Fsp3) is 0.700. The molecule has 0 N–H and O–H groups in total. The van der Waals surface area contributed by atoms with E-state index in [9.17, 15) is 0 Å². The Labute approximate surface area is 83.1 Å². The van der Waals surface area contributed by atoms with Crippen LogP contribution in [0.15, 0.2) is 17.1 Å². The highest BCUT2D eigenvalue weighted by molar-refractivity contribution is 6.13. The lowest BCUT2D eigenvalue weighted by atomic mass is 9.89. The smallest absolute Gasteiger partial charge is 0.122 e. The first-order chi connectivity index (χ1) is 5.99. The molecule has 0 bridgehead atoms. The van der Waals surface area contributed by atoms with Crippen LogP contribution < -0.4 is 0 Å². The topological polar surface area (TPSA) is 15.6 Å². The monoisotopic (exact) mass is 178 g/mol. The molecular formula is C10H19BN2. The molecule has 0 aromatic rings. The van der Waals surface area contributed by atoms with Crippen molar-refractivity contribution in [3.63, 3.8) is 0 Å². The molecule has 3 heteroatoms. The van der Waals surface area contributed by atoms with Crippen molar-refractivity contribution in [2.75, 3.05) is 14.1 Å². The van der Waals surface area contributed by atoms with Gasteiger partial charge in [-0.3, -0.25) is 4.99 Å². The molecule has 0 aromatic carbocycles. The molecule has 0 rings (SSSR count). The Morgan fingerprint density at radius 3 is 2.23 bits per heavy atom. The van der Waals surface area contributed by atoms with Crippen LogP contribution in [0.5, 0.6) is 0 Å². The molecule has 0 heterocycles. The Bertz CT molecular complexity index is 195. The quantitative estimate of drug-likeness (QED) is 0.366. The van der Waals surface area contributed by atoms with Crippen LogP contribution in [0.2, 0.25) is 5.82 Å². The summed E-state index contributed by atoms with van der Waals surface area (Å²) in [5, 5.41) is 0. The minimum atomic E-state index is 0.0808. The molecule has 2 radical (unpaired) electrons. The molecule has 2 nitrogen and oxygen atoms in total. The second kappa shape index (κ2) is 5.84. The van der Waals surface area contributed by atoms with Crippen molar-refractivity contribution in [1.82, 2.24) is 4.90 Å². The van der Waals surface area contributed by atoms with Gasteiger partial charge in [0.25, 0.3) is 0 Å². The molecule has 0 amide bonds. The van der Waals surface area contributed by atoms with Gasteiger partial charge in [0.15, 0.2) is 0 Å². The summed E-state index contributed by atoms with van der Waals surface area (Å²) in [6.45, 7) is 6.20. The molecule has 13 heavy (non-hydrogen) atoms. The van der Waals surface area contributed by atoms with Crippen LogP contribution in [0, 0.1) is 0 Å². The molecule has 0 aromatic heterocycles. The number of rotatable bonds is 3. The van der Waals surface area contributed by atoms with Gasteiger partial charge in [0, 0.05) is 20.1 Å². The maximum atomic E-state index is 5.61. The zero-order valence-electron chi connectivity index (χ0n) is 9.28. The predicted molar refractivity (Wildman–Crippen MR) is 60.6 cm³/mol. The van der Waals surface area contributed by atoms with Gasteiger partial charge in [-0.15, -0.1) is 0 Å². The van der Waals surface area contributed by atoms with Gasteiger partial charge in [0.05, 0.1) is 7.85 Å². The standard InChI is InChI=1S/C10H19BN2/c1-8(2)13(5)10(12-4)7-6-9(3)11/h6-9H,1-5H3/b7-6-,12-10?. The van der Waals surface area contributed by atoms with Gasteiger partial charge in [-0.05, 0) is 19.9 Å². The van der Waals surface area contributed by atoms with E-state index in [0.717, 1.165) is 5.84 Å². The minimum absolute atomic E-state index is 0.0808. The van der Waals surface area contributed by atoms with Crippen molar-refractivity contribution in [1.29, 1.82) is 0 Å². The van der Waals surface area contributed by atoms with Gasteiger partial charge >= 0.3 is 0 Å². The van der Waals surface area contributed by atoms with Crippen LogP contribution in [0.3, 0.4) is 0 Å². The second-order valence-electron chi connectivity index (χ2n) is 3.50. The minimum Gasteiger partial charge on any atom is -0.358 e. The van der Waals surface area contributed by atoms with Crippen molar-refractivity contribution in [2.45, 2.75) is 32.6 Å². The summed E-state index contributed by atoms with van der Waals surface area (Å²) in [5.74, 6) is 1.05. The lowest BCUT2D eigenvalue weighted by molar-refractivity contribution is 0.419. The fourth-order valence-corrected chi connectivity index (χ4v) is 0.852. The summed E-state index contributed by atoms with van der Waals surface area (Å²) >= 11 is 0. The van der Waals surface area contributed by atoms with E-state index in [-0.39, 0.29) is 5.82 Å². The summed E-state index contributed by atoms with van der Waals surface area (Å²) in [4.78, 5) is 6.29. The molecule has 0 fully saturated rings. The molecule has 1 atom stereocenters. The molecule has 1 unspecified atom stereocenters. The predicted octanol–water partition coefficient (Wildman–Crippen LogP) is 1.89. The number of allylic oxidation sites excluding steroid dienone is 1. The summed E-state index contributed by atoms with van der Waals surface area (Å²) in [6, 6.07) is 0.455. The first-order valence-electron chi connectivity index (χ1n) is 4.62. The zero-order valence-corrected chi connectivity index (χ0v) is 9.28. The number of aliphatic imine (C=N–C) groups is 1. The van der Waals surface area contributed by atoms with E-state index in [1.54, 1.807) is 7.05 Å². The summed E-state index contributed by atoms with van der Waals surface area (Å²) in [5.41, 5.74) is 0. The molecule has 0 aliphatic carbocycles. The van der Waals surface area contributed by atoms with Crippen molar-refractivity contribution in [3.05, 3.63) is 12.2 Å².